The quantitative estimate of drug-likeness (QED) is 0.577. The van der Waals surface area contributed by atoms with Gasteiger partial charge in [0.15, 0.2) is 0 Å². The number of alkyl halides is 1. The van der Waals surface area contributed by atoms with E-state index in [-0.39, 0.29) is 11.3 Å². The number of halogens is 3. The van der Waals surface area contributed by atoms with Crippen molar-refractivity contribution in [2.24, 2.45) is 0 Å². The molecule has 94 valence electrons. The van der Waals surface area contributed by atoms with Gasteiger partial charge in [-0.1, -0.05) is 18.2 Å². The Hall–Kier alpha value is -0.0300. The van der Waals surface area contributed by atoms with Crippen LogP contribution in [0.1, 0.15) is 22.4 Å². The van der Waals surface area contributed by atoms with Crippen molar-refractivity contribution >= 4 is 54.8 Å². The molecule has 0 saturated heterocycles. The first kappa shape index (κ1) is 13.0. The average molecular weight is 409 g/mol. The third-order valence-corrected chi connectivity index (χ3v) is 6.00. The van der Waals surface area contributed by atoms with E-state index in [4.69, 9.17) is 16.3 Å². The van der Waals surface area contributed by atoms with E-state index in [1.165, 1.54) is 5.56 Å². The lowest BCUT2D eigenvalue weighted by molar-refractivity contribution is 0.328. The fourth-order valence-corrected chi connectivity index (χ4v) is 5.69. The van der Waals surface area contributed by atoms with E-state index in [1.54, 1.807) is 11.3 Å². The minimum Gasteiger partial charge on any atom is -0.493 e. The third kappa shape index (κ3) is 2.24. The zero-order valence-corrected chi connectivity index (χ0v) is 13.9. The number of fused-ring (bicyclic) bond motifs is 1. The molecule has 1 aromatic carbocycles. The van der Waals surface area contributed by atoms with Crippen molar-refractivity contribution in [2.75, 3.05) is 6.61 Å². The lowest BCUT2D eigenvalue weighted by Gasteiger charge is -2.15. The minimum atomic E-state index is -0.0782. The molecule has 0 spiro atoms. The number of ether oxygens (including phenoxy) is 1. The molecule has 0 amide bonds. The van der Waals surface area contributed by atoms with Gasteiger partial charge in [-0.2, -0.15) is 0 Å². The molecule has 1 aliphatic rings. The Morgan fingerprint density at radius 1 is 1.33 bits per heavy atom. The van der Waals surface area contributed by atoms with Crippen LogP contribution in [0.15, 0.2) is 37.9 Å². The van der Waals surface area contributed by atoms with E-state index in [0.717, 1.165) is 18.9 Å². The van der Waals surface area contributed by atoms with Crippen LogP contribution in [0.4, 0.5) is 0 Å². The Labute approximate surface area is 131 Å². The molecule has 18 heavy (non-hydrogen) atoms. The van der Waals surface area contributed by atoms with Crippen LogP contribution >= 0.6 is 54.8 Å². The van der Waals surface area contributed by atoms with Crippen molar-refractivity contribution in [3.05, 3.63) is 49.0 Å². The van der Waals surface area contributed by atoms with Gasteiger partial charge < -0.3 is 4.74 Å². The number of hydrogen-bond donors (Lipinski definition) is 0. The van der Waals surface area contributed by atoms with Crippen molar-refractivity contribution in [1.29, 1.82) is 0 Å². The van der Waals surface area contributed by atoms with E-state index in [9.17, 15) is 0 Å². The molecule has 2 unspecified atom stereocenters. The maximum Gasteiger partial charge on any atom is 0.122 e. The van der Waals surface area contributed by atoms with Gasteiger partial charge in [0.25, 0.3) is 0 Å². The molecule has 1 nitrogen and oxygen atoms in total. The predicted molar refractivity (Wildman–Crippen MR) is 83.0 cm³/mol. The Morgan fingerprint density at radius 3 is 2.83 bits per heavy atom. The Balaban J connectivity index is 1.95. The smallest absolute Gasteiger partial charge is 0.122 e. The second-order valence-electron chi connectivity index (χ2n) is 4.14. The monoisotopic (exact) mass is 406 g/mol. The van der Waals surface area contributed by atoms with Crippen LogP contribution in [0.2, 0.25) is 0 Å². The van der Waals surface area contributed by atoms with Crippen LogP contribution in [-0.2, 0) is 0 Å². The Kier molecular flexibility index (Phi) is 3.72. The van der Waals surface area contributed by atoms with Crippen LogP contribution in [0.25, 0.3) is 0 Å². The number of thiophene rings is 1. The van der Waals surface area contributed by atoms with Gasteiger partial charge in [0.1, 0.15) is 5.75 Å². The fraction of sp³-hybridized carbons (Fsp3) is 0.231. The first-order valence-electron chi connectivity index (χ1n) is 5.47. The van der Waals surface area contributed by atoms with Crippen LogP contribution in [0, 0.1) is 0 Å². The topological polar surface area (TPSA) is 9.23 Å². The van der Waals surface area contributed by atoms with Crippen molar-refractivity contribution in [3.63, 3.8) is 0 Å². The lowest BCUT2D eigenvalue weighted by atomic mass is 9.94. The normalized spacial score (nSPS) is 19.4. The largest absolute Gasteiger partial charge is 0.493 e. The molecule has 0 bridgehead atoms. The van der Waals surface area contributed by atoms with E-state index < -0.39 is 0 Å². The van der Waals surface area contributed by atoms with Gasteiger partial charge in [0.2, 0.25) is 0 Å². The van der Waals surface area contributed by atoms with E-state index in [2.05, 4.69) is 44.0 Å². The highest BCUT2D eigenvalue weighted by molar-refractivity contribution is 9.12. The summed E-state index contributed by atoms with van der Waals surface area (Å²) in [7, 11) is 0. The third-order valence-electron chi connectivity index (χ3n) is 3.07. The summed E-state index contributed by atoms with van der Waals surface area (Å²) >= 11 is 15.3. The summed E-state index contributed by atoms with van der Waals surface area (Å²) in [6.07, 6.45) is 0. The Bertz CT molecular complexity index is 584. The van der Waals surface area contributed by atoms with Crippen molar-refractivity contribution in [1.82, 2.24) is 0 Å². The van der Waals surface area contributed by atoms with Crippen LogP contribution in [-0.4, -0.2) is 6.61 Å². The molecule has 2 aromatic rings. The number of para-hydroxylation sites is 1. The first-order valence-corrected chi connectivity index (χ1v) is 8.31. The predicted octanol–water partition coefficient (Wildman–Crippen LogP) is 5.73. The molecule has 2 atom stereocenters. The standard InChI is InChI=1S/C13H9Br2ClOS/c14-11-5-8(13(15)18-11)12(16)9-6-17-10-4-2-1-3-7(9)10/h1-5,9,12H,6H2. The second kappa shape index (κ2) is 5.16. The van der Waals surface area contributed by atoms with E-state index in [0.29, 0.717) is 6.61 Å². The summed E-state index contributed by atoms with van der Waals surface area (Å²) in [6, 6.07) is 10.2. The molecule has 1 aromatic heterocycles. The zero-order chi connectivity index (χ0) is 12.7. The van der Waals surface area contributed by atoms with Gasteiger partial charge in [-0.15, -0.1) is 22.9 Å². The van der Waals surface area contributed by atoms with Gasteiger partial charge in [-0.3, -0.25) is 0 Å². The summed E-state index contributed by atoms with van der Waals surface area (Å²) < 4.78 is 7.86. The molecular weight excluding hydrogens is 399 g/mol. The zero-order valence-electron chi connectivity index (χ0n) is 9.20. The molecule has 0 fully saturated rings. The fourth-order valence-electron chi connectivity index (χ4n) is 2.19. The van der Waals surface area contributed by atoms with Crippen LogP contribution in [0.5, 0.6) is 5.75 Å². The molecule has 0 N–H and O–H groups in total. The SMILES string of the molecule is ClC(c1cc(Br)sc1Br)C1COc2ccccc21. The summed E-state index contributed by atoms with van der Waals surface area (Å²) in [5.41, 5.74) is 2.32. The summed E-state index contributed by atoms with van der Waals surface area (Å²) in [4.78, 5) is 0. The highest BCUT2D eigenvalue weighted by Crippen LogP contribution is 2.48. The molecular formula is C13H9Br2ClOS. The molecule has 2 heterocycles. The number of rotatable bonds is 2. The van der Waals surface area contributed by atoms with E-state index >= 15 is 0 Å². The summed E-state index contributed by atoms with van der Waals surface area (Å²) in [5.74, 6) is 1.17. The van der Waals surface area contributed by atoms with Crippen molar-refractivity contribution in [2.45, 2.75) is 11.3 Å². The second-order valence-corrected chi connectivity index (χ2v) is 8.36. The molecule has 0 radical (unpaired) electrons. The lowest BCUT2D eigenvalue weighted by Crippen LogP contribution is -2.07. The maximum atomic E-state index is 6.63. The highest BCUT2D eigenvalue weighted by Gasteiger charge is 2.32. The first-order chi connectivity index (χ1) is 8.66. The van der Waals surface area contributed by atoms with Crippen LogP contribution < -0.4 is 4.74 Å². The van der Waals surface area contributed by atoms with Gasteiger partial charge in [-0.05, 0) is 49.6 Å². The molecule has 0 saturated carbocycles. The molecule has 3 rings (SSSR count). The maximum absolute atomic E-state index is 6.63. The van der Waals surface area contributed by atoms with Gasteiger partial charge in [0, 0.05) is 11.5 Å². The van der Waals surface area contributed by atoms with Gasteiger partial charge in [-0.25, -0.2) is 0 Å². The number of hydrogen-bond acceptors (Lipinski definition) is 2. The average Bonchev–Trinajstić information content (AvgIpc) is 2.92. The summed E-state index contributed by atoms with van der Waals surface area (Å²) in [5, 5.41) is -0.0782. The van der Waals surface area contributed by atoms with Crippen molar-refractivity contribution < 1.29 is 4.74 Å². The molecule has 0 aliphatic carbocycles. The van der Waals surface area contributed by atoms with Crippen molar-refractivity contribution in [3.8, 4) is 5.75 Å². The highest BCUT2D eigenvalue weighted by atomic mass is 79.9. The van der Waals surface area contributed by atoms with Crippen LogP contribution in [0.3, 0.4) is 0 Å². The Morgan fingerprint density at radius 2 is 2.11 bits per heavy atom. The number of benzene rings is 1. The molecule has 1 aliphatic heterocycles. The molecule has 5 heteroatoms. The minimum absolute atomic E-state index is 0.0782. The van der Waals surface area contributed by atoms with Gasteiger partial charge >= 0.3 is 0 Å². The summed E-state index contributed by atoms with van der Waals surface area (Å²) in [6.45, 7) is 0.646. The van der Waals surface area contributed by atoms with Gasteiger partial charge in [0.05, 0.1) is 19.6 Å². The van der Waals surface area contributed by atoms with E-state index in [1.807, 2.05) is 18.2 Å².